The van der Waals surface area contributed by atoms with Crippen LogP contribution >= 0.6 is 22.7 Å². The van der Waals surface area contributed by atoms with Crippen LogP contribution in [0.5, 0.6) is 0 Å². The molecule has 0 unspecified atom stereocenters. The first kappa shape index (κ1) is 46.5. The SMILES string of the molecule is c1ccc(N(c2ccc3c(ccc4cc(-c5ccc(N(c6ccccc6)c6cccc7ccccc67)s5)ccc43)c2)c2ccc3c(ccc4cc(-c5ccc(N(c6ccccc6)c6cccc7ccccc67)s5)ccc43)c2)cc1. The van der Waals surface area contributed by atoms with E-state index in [1.54, 1.807) is 0 Å². The summed E-state index contributed by atoms with van der Waals surface area (Å²) in [6.45, 7) is 0. The number of nitrogens with zero attached hydrogens (tertiary/aromatic N) is 3. The van der Waals surface area contributed by atoms with Gasteiger partial charge in [-0.05, 0) is 174 Å². The molecule has 0 atom stereocenters. The largest absolute Gasteiger partial charge is 0.310 e. The standard InChI is InChI=1S/C74H49N3S2/c1-4-20-58(21-5-1)75(61-36-40-65-54(48-61)32-30-52-46-56(34-38-63(52)65)71-42-44-73(78-71)76(59-22-6-2-7-23-59)69-28-14-18-50-16-10-12-26-67(50)69)62-37-41-66-55(49-62)33-31-53-47-57(35-39-64(53)66)72-43-45-74(79-72)77(60-24-8-3-9-25-60)70-29-15-19-51-17-11-13-27-68(51)70/h1-49H. The lowest BCUT2D eigenvalue weighted by Crippen LogP contribution is -2.09. The summed E-state index contributed by atoms with van der Waals surface area (Å²) < 4.78 is 0. The van der Waals surface area contributed by atoms with Gasteiger partial charge in [-0.1, -0.05) is 188 Å². The number of hydrogen-bond donors (Lipinski definition) is 0. The molecule has 5 heteroatoms. The molecule has 0 N–H and O–H groups in total. The topological polar surface area (TPSA) is 9.72 Å². The number of benzene rings is 13. The van der Waals surface area contributed by atoms with Crippen molar-refractivity contribution >= 4 is 137 Å². The molecule has 2 aromatic heterocycles. The van der Waals surface area contributed by atoms with Gasteiger partial charge in [-0.15, -0.1) is 22.7 Å². The minimum Gasteiger partial charge on any atom is -0.310 e. The Morgan fingerprint density at radius 1 is 0.203 bits per heavy atom. The molecule has 0 amide bonds. The molecule has 0 bridgehead atoms. The molecular formula is C74H49N3S2. The van der Waals surface area contributed by atoms with E-state index in [0.29, 0.717) is 0 Å². The van der Waals surface area contributed by atoms with Gasteiger partial charge >= 0.3 is 0 Å². The highest BCUT2D eigenvalue weighted by atomic mass is 32.1. The van der Waals surface area contributed by atoms with Crippen LogP contribution in [0.15, 0.2) is 297 Å². The molecule has 15 rings (SSSR count). The lowest BCUT2D eigenvalue weighted by Gasteiger charge is -2.26. The zero-order valence-electron chi connectivity index (χ0n) is 42.9. The van der Waals surface area contributed by atoms with Gasteiger partial charge < -0.3 is 14.7 Å². The molecule has 15 aromatic rings. The number of fused-ring (bicyclic) bond motifs is 8. The van der Waals surface area contributed by atoms with Crippen LogP contribution in [0.1, 0.15) is 0 Å². The summed E-state index contributed by atoms with van der Waals surface area (Å²) in [5.41, 5.74) is 10.4. The Kier molecular flexibility index (Phi) is 11.6. The second kappa shape index (κ2) is 19.7. The Bertz CT molecular complexity index is 4460. The fraction of sp³-hybridized carbons (Fsp3) is 0. The normalized spacial score (nSPS) is 11.5. The number of para-hydroxylation sites is 3. The summed E-state index contributed by atoms with van der Waals surface area (Å²) in [5, 5.41) is 17.1. The van der Waals surface area contributed by atoms with Gasteiger partial charge in [-0.3, -0.25) is 0 Å². The van der Waals surface area contributed by atoms with Gasteiger partial charge in [0, 0.05) is 49.0 Å². The molecular weight excluding hydrogens is 995 g/mol. The second-order valence-corrected chi connectivity index (χ2v) is 22.2. The van der Waals surface area contributed by atoms with Crippen LogP contribution in [-0.4, -0.2) is 0 Å². The summed E-state index contributed by atoms with van der Waals surface area (Å²) in [7, 11) is 0. The number of anilines is 9. The molecule has 0 saturated carbocycles. The van der Waals surface area contributed by atoms with Gasteiger partial charge in [0.2, 0.25) is 0 Å². The van der Waals surface area contributed by atoms with Gasteiger partial charge in [0.15, 0.2) is 0 Å². The highest BCUT2D eigenvalue weighted by molar-refractivity contribution is 7.20. The predicted molar refractivity (Wildman–Crippen MR) is 342 cm³/mol. The van der Waals surface area contributed by atoms with Crippen LogP contribution in [0.25, 0.3) is 85.5 Å². The van der Waals surface area contributed by atoms with Crippen molar-refractivity contribution in [3.63, 3.8) is 0 Å². The Labute approximate surface area is 467 Å². The van der Waals surface area contributed by atoms with Crippen LogP contribution in [0.3, 0.4) is 0 Å². The minimum atomic E-state index is 1.11. The van der Waals surface area contributed by atoms with Gasteiger partial charge in [0.05, 0.1) is 11.4 Å². The molecule has 0 fully saturated rings. The Morgan fingerprint density at radius 3 is 0.987 bits per heavy atom. The van der Waals surface area contributed by atoms with Crippen LogP contribution in [-0.2, 0) is 0 Å². The molecule has 3 nitrogen and oxygen atoms in total. The van der Waals surface area contributed by atoms with E-state index in [9.17, 15) is 0 Å². The smallest absolute Gasteiger partial charge is 0.101 e. The van der Waals surface area contributed by atoms with Crippen LogP contribution in [0.2, 0.25) is 0 Å². The molecule has 0 radical (unpaired) electrons. The molecule has 0 spiro atoms. The van der Waals surface area contributed by atoms with Crippen molar-refractivity contribution in [2.45, 2.75) is 0 Å². The summed E-state index contributed by atoms with van der Waals surface area (Å²) in [6, 6.07) is 109. The van der Waals surface area contributed by atoms with Crippen molar-refractivity contribution < 1.29 is 0 Å². The van der Waals surface area contributed by atoms with E-state index < -0.39 is 0 Å². The van der Waals surface area contributed by atoms with Crippen LogP contribution in [0.4, 0.5) is 49.8 Å². The summed E-state index contributed by atoms with van der Waals surface area (Å²) >= 11 is 3.65. The fourth-order valence-electron chi connectivity index (χ4n) is 11.7. The van der Waals surface area contributed by atoms with Gasteiger partial charge in [-0.2, -0.15) is 0 Å². The van der Waals surface area contributed by atoms with Crippen molar-refractivity contribution in [3.8, 4) is 20.9 Å². The van der Waals surface area contributed by atoms with Crippen LogP contribution < -0.4 is 14.7 Å². The van der Waals surface area contributed by atoms with Crippen molar-refractivity contribution in [1.29, 1.82) is 0 Å². The highest BCUT2D eigenvalue weighted by Gasteiger charge is 2.21. The van der Waals surface area contributed by atoms with E-state index in [2.05, 4.69) is 312 Å². The van der Waals surface area contributed by atoms with Crippen LogP contribution in [0, 0.1) is 0 Å². The van der Waals surface area contributed by atoms with E-state index in [1.165, 1.54) is 107 Å². The Morgan fingerprint density at radius 2 is 0.557 bits per heavy atom. The Hall–Kier alpha value is -9.78. The number of rotatable bonds is 11. The third-order valence-corrected chi connectivity index (χ3v) is 17.6. The van der Waals surface area contributed by atoms with E-state index in [4.69, 9.17) is 0 Å². The molecule has 0 aliphatic carbocycles. The van der Waals surface area contributed by atoms with Crippen molar-refractivity contribution in [2.24, 2.45) is 0 Å². The first-order chi connectivity index (χ1) is 39.1. The predicted octanol–water partition coefficient (Wildman–Crippen LogP) is 22.5. The molecule has 372 valence electrons. The molecule has 79 heavy (non-hydrogen) atoms. The van der Waals surface area contributed by atoms with E-state index in [0.717, 1.165) is 28.4 Å². The van der Waals surface area contributed by atoms with Gasteiger partial charge in [0.25, 0.3) is 0 Å². The average molecular weight is 1040 g/mol. The lowest BCUT2D eigenvalue weighted by molar-refractivity contribution is 1.29. The maximum absolute atomic E-state index is 2.39. The Balaban J connectivity index is 0.737. The molecule has 2 heterocycles. The monoisotopic (exact) mass is 1040 g/mol. The first-order valence-electron chi connectivity index (χ1n) is 26.8. The maximum atomic E-state index is 2.39. The average Bonchev–Trinajstić information content (AvgIpc) is 4.32. The van der Waals surface area contributed by atoms with Crippen molar-refractivity contribution in [1.82, 2.24) is 0 Å². The second-order valence-electron chi connectivity index (χ2n) is 20.1. The summed E-state index contributed by atoms with van der Waals surface area (Å²) in [6.07, 6.45) is 0. The summed E-state index contributed by atoms with van der Waals surface area (Å²) in [5.74, 6) is 0. The van der Waals surface area contributed by atoms with Gasteiger partial charge in [-0.25, -0.2) is 0 Å². The van der Waals surface area contributed by atoms with Crippen molar-refractivity contribution in [2.75, 3.05) is 14.7 Å². The van der Waals surface area contributed by atoms with E-state index in [1.807, 2.05) is 22.7 Å². The molecule has 13 aromatic carbocycles. The quantitative estimate of drug-likeness (QED) is 0.120. The van der Waals surface area contributed by atoms with Crippen molar-refractivity contribution in [3.05, 3.63) is 297 Å². The van der Waals surface area contributed by atoms with Gasteiger partial charge in [0.1, 0.15) is 10.0 Å². The zero-order chi connectivity index (χ0) is 52.2. The van der Waals surface area contributed by atoms with E-state index in [-0.39, 0.29) is 0 Å². The number of hydrogen-bond acceptors (Lipinski definition) is 5. The van der Waals surface area contributed by atoms with E-state index >= 15 is 0 Å². The molecule has 0 saturated heterocycles. The summed E-state index contributed by atoms with van der Waals surface area (Å²) in [4.78, 5) is 9.64. The first-order valence-corrected chi connectivity index (χ1v) is 28.4. The lowest BCUT2D eigenvalue weighted by atomic mass is 9.98. The maximum Gasteiger partial charge on any atom is 0.101 e. The molecule has 0 aliphatic heterocycles. The zero-order valence-corrected chi connectivity index (χ0v) is 44.6. The highest BCUT2D eigenvalue weighted by Crippen LogP contribution is 2.47. The molecule has 0 aliphatic rings. The third-order valence-electron chi connectivity index (χ3n) is 15.4. The fourth-order valence-corrected chi connectivity index (χ4v) is 13.7. The minimum absolute atomic E-state index is 1.11. The third kappa shape index (κ3) is 8.44. The number of thiophene rings is 2.